The fraction of sp³-hybridized carbons (Fsp3) is 0.704. The first-order chi connectivity index (χ1) is 12.9. The zero-order valence-corrected chi connectivity index (χ0v) is 18.4. The Morgan fingerprint density at radius 3 is 2.63 bits per heavy atom. The molecule has 0 amide bonds. The van der Waals surface area contributed by atoms with Gasteiger partial charge in [-0.3, -0.25) is 0 Å². The molecule has 3 aliphatic rings. The van der Waals surface area contributed by atoms with Crippen molar-refractivity contribution in [1.29, 1.82) is 0 Å². The highest BCUT2D eigenvalue weighted by Gasteiger charge is 2.50. The van der Waals surface area contributed by atoms with Crippen molar-refractivity contribution >= 4 is 0 Å². The van der Waals surface area contributed by atoms with Crippen LogP contribution in [0.4, 0.5) is 0 Å². The molecule has 0 spiro atoms. The lowest BCUT2D eigenvalue weighted by molar-refractivity contribution is 0.0946. The van der Waals surface area contributed by atoms with Gasteiger partial charge in [0.15, 0.2) is 0 Å². The fourth-order valence-electron chi connectivity index (χ4n) is 6.45. The standard InChI is InChI=1S/C27H42/c1-20(2)10-8-12-22(4)25-17-18-26-24(14-9-19-27(25,26)5)16-15-23-13-7-6-11-21(23)3/h10,15-16,22,25-26H,3,6-9,11-14,17-19H2,1-2,4-5H3/b23-15-,24-16+/t22-,25?,26?,27-/m1/s1. The van der Waals surface area contributed by atoms with Crippen LogP contribution < -0.4 is 0 Å². The predicted molar refractivity (Wildman–Crippen MR) is 120 cm³/mol. The molecule has 0 aromatic heterocycles. The van der Waals surface area contributed by atoms with Crippen molar-refractivity contribution in [3.05, 3.63) is 47.1 Å². The molecule has 0 aromatic carbocycles. The van der Waals surface area contributed by atoms with Crippen molar-refractivity contribution in [1.82, 2.24) is 0 Å². The molecule has 3 rings (SSSR count). The Hall–Kier alpha value is -1.04. The van der Waals surface area contributed by atoms with Crippen LogP contribution in [0.2, 0.25) is 0 Å². The van der Waals surface area contributed by atoms with Crippen LogP contribution in [0.3, 0.4) is 0 Å². The summed E-state index contributed by atoms with van der Waals surface area (Å²) in [5, 5.41) is 0. The highest BCUT2D eigenvalue weighted by Crippen LogP contribution is 2.59. The minimum atomic E-state index is 0.538. The summed E-state index contributed by atoms with van der Waals surface area (Å²) in [4.78, 5) is 0. The van der Waals surface area contributed by atoms with E-state index in [9.17, 15) is 0 Å². The normalized spacial score (nSPS) is 35.3. The van der Waals surface area contributed by atoms with Gasteiger partial charge in [-0.25, -0.2) is 0 Å². The van der Waals surface area contributed by atoms with E-state index in [1.807, 2.05) is 0 Å². The lowest BCUT2D eigenvalue weighted by atomic mass is 9.60. The van der Waals surface area contributed by atoms with Crippen molar-refractivity contribution in [2.24, 2.45) is 23.2 Å². The maximum absolute atomic E-state index is 4.31. The molecule has 3 fully saturated rings. The number of hydrogen-bond donors (Lipinski definition) is 0. The van der Waals surface area contributed by atoms with E-state index < -0.39 is 0 Å². The van der Waals surface area contributed by atoms with Gasteiger partial charge in [0.05, 0.1) is 0 Å². The molecule has 0 radical (unpaired) electrons. The van der Waals surface area contributed by atoms with Gasteiger partial charge < -0.3 is 0 Å². The van der Waals surface area contributed by atoms with Crippen LogP contribution in [0.5, 0.6) is 0 Å². The third-order valence-corrected chi connectivity index (χ3v) is 8.03. The van der Waals surface area contributed by atoms with Gasteiger partial charge in [-0.05, 0) is 113 Å². The first-order valence-electron chi connectivity index (χ1n) is 11.6. The summed E-state index contributed by atoms with van der Waals surface area (Å²) in [7, 11) is 0. The number of fused-ring (bicyclic) bond motifs is 1. The molecule has 0 N–H and O–H groups in total. The van der Waals surface area contributed by atoms with Crippen molar-refractivity contribution in [3.63, 3.8) is 0 Å². The highest BCUT2D eigenvalue weighted by atomic mass is 14.5. The van der Waals surface area contributed by atoms with Gasteiger partial charge in [-0.1, -0.05) is 55.4 Å². The molecule has 0 aliphatic heterocycles. The Balaban J connectivity index is 1.71. The van der Waals surface area contributed by atoms with Crippen LogP contribution >= 0.6 is 0 Å². The van der Waals surface area contributed by atoms with E-state index in [4.69, 9.17) is 0 Å². The Morgan fingerprint density at radius 1 is 1.11 bits per heavy atom. The second kappa shape index (κ2) is 8.97. The van der Waals surface area contributed by atoms with Crippen molar-refractivity contribution in [2.45, 2.75) is 98.3 Å². The Morgan fingerprint density at radius 2 is 1.89 bits per heavy atom. The predicted octanol–water partition coefficient (Wildman–Crippen LogP) is 8.57. The average Bonchev–Trinajstić information content (AvgIpc) is 2.98. The zero-order chi connectivity index (χ0) is 19.4. The van der Waals surface area contributed by atoms with Gasteiger partial charge in [-0.15, -0.1) is 0 Å². The van der Waals surface area contributed by atoms with E-state index >= 15 is 0 Å². The third-order valence-electron chi connectivity index (χ3n) is 8.03. The van der Waals surface area contributed by atoms with Gasteiger partial charge >= 0.3 is 0 Å². The largest absolute Gasteiger partial charge is 0.0956 e. The summed E-state index contributed by atoms with van der Waals surface area (Å²) in [6, 6.07) is 0. The van der Waals surface area contributed by atoms with E-state index in [2.05, 4.69) is 52.5 Å². The molecule has 4 atom stereocenters. The second-order valence-electron chi connectivity index (χ2n) is 10.2. The summed E-state index contributed by atoms with van der Waals surface area (Å²) >= 11 is 0. The molecule has 0 aromatic rings. The summed E-state index contributed by atoms with van der Waals surface area (Å²) in [6.45, 7) is 13.9. The number of hydrogen-bond acceptors (Lipinski definition) is 0. The van der Waals surface area contributed by atoms with Gasteiger partial charge in [0.1, 0.15) is 0 Å². The SMILES string of the molecule is C=C1CCCC/C1=C/C=C1\CCC[C@@]2(C)C1CCC2[C@H](C)CCC=C(C)C. The van der Waals surface area contributed by atoms with Gasteiger partial charge in [0.2, 0.25) is 0 Å². The van der Waals surface area contributed by atoms with Crippen LogP contribution in [0.25, 0.3) is 0 Å². The Labute approximate surface area is 168 Å². The van der Waals surface area contributed by atoms with E-state index in [-0.39, 0.29) is 0 Å². The minimum Gasteiger partial charge on any atom is -0.0956 e. The lowest BCUT2D eigenvalue weighted by Gasteiger charge is -2.44. The molecule has 0 nitrogen and oxygen atoms in total. The summed E-state index contributed by atoms with van der Waals surface area (Å²) in [6.07, 6.45) is 22.2. The van der Waals surface area contributed by atoms with Gasteiger partial charge in [0, 0.05) is 0 Å². The van der Waals surface area contributed by atoms with Crippen molar-refractivity contribution in [3.8, 4) is 0 Å². The molecule has 3 saturated carbocycles. The van der Waals surface area contributed by atoms with E-state index in [1.165, 1.54) is 87.3 Å². The highest BCUT2D eigenvalue weighted by molar-refractivity contribution is 5.35. The quantitative estimate of drug-likeness (QED) is 0.427. The summed E-state index contributed by atoms with van der Waals surface area (Å²) in [5.74, 6) is 2.59. The van der Waals surface area contributed by atoms with E-state index in [0.29, 0.717) is 5.41 Å². The molecule has 0 heteroatoms. The van der Waals surface area contributed by atoms with Crippen molar-refractivity contribution < 1.29 is 0 Å². The van der Waals surface area contributed by atoms with Crippen LogP contribution in [0.1, 0.15) is 98.3 Å². The van der Waals surface area contributed by atoms with Crippen LogP contribution in [0.15, 0.2) is 47.1 Å². The maximum Gasteiger partial charge on any atom is -0.0143 e. The molecule has 27 heavy (non-hydrogen) atoms. The monoisotopic (exact) mass is 366 g/mol. The second-order valence-corrected chi connectivity index (χ2v) is 10.2. The number of allylic oxidation sites excluding steroid dienone is 7. The van der Waals surface area contributed by atoms with Crippen LogP contribution in [0, 0.1) is 23.2 Å². The first kappa shape index (κ1) is 20.7. The lowest BCUT2D eigenvalue weighted by Crippen LogP contribution is -2.35. The molecule has 150 valence electrons. The molecular formula is C27H42. The molecular weight excluding hydrogens is 324 g/mol. The van der Waals surface area contributed by atoms with Gasteiger partial charge in [-0.2, -0.15) is 0 Å². The first-order valence-corrected chi connectivity index (χ1v) is 11.6. The summed E-state index contributed by atoms with van der Waals surface area (Å²) < 4.78 is 0. The Kier molecular flexibility index (Phi) is 6.88. The van der Waals surface area contributed by atoms with Crippen LogP contribution in [-0.4, -0.2) is 0 Å². The van der Waals surface area contributed by atoms with E-state index in [1.54, 1.807) is 5.57 Å². The zero-order valence-electron chi connectivity index (χ0n) is 18.4. The van der Waals surface area contributed by atoms with Crippen LogP contribution in [-0.2, 0) is 0 Å². The summed E-state index contributed by atoms with van der Waals surface area (Å²) in [5.41, 5.74) is 6.70. The topological polar surface area (TPSA) is 0 Å². The fourth-order valence-corrected chi connectivity index (χ4v) is 6.45. The molecule has 0 bridgehead atoms. The third kappa shape index (κ3) is 4.69. The van der Waals surface area contributed by atoms with Gasteiger partial charge in [0.25, 0.3) is 0 Å². The van der Waals surface area contributed by atoms with Crippen molar-refractivity contribution in [2.75, 3.05) is 0 Å². The maximum atomic E-state index is 4.31. The van der Waals surface area contributed by atoms with E-state index in [0.717, 1.165) is 17.8 Å². The Bertz CT molecular complexity index is 624. The minimum absolute atomic E-state index is 0.538. The molecule has 3 aliphatic carbocycles. The molecule has 0 saturated heterocycles. The average molecular weight is 367 g/mol. The molecule has 2 unspecified atom stereocenters. The number of rotatable bonds is 5. The molecule has 0 heterocycles. The smallest absolute Gasteiger partial charge is 0.0143 e.